The van der Waals surface area contributed by atoms with Crippen molar-refractivity contribution in [2.75, 3.05) is 5.32 Å². The van der Waals surface area contributed by atoms with E-state index in [9.17, 15) is 0 Å². The Hall–Kier alpha value is -1.33. The summed E-state index contributed by atoms with van der Waals surface area (Å²) in [4.78, 5) is 5.00. The second-order valence-electron chi connectivity index (χ2n) is 4.21. The number of thioether (sulfide) groups is 1. The molecule has 1 unspecified atom stereocenters. The molecule has 0 radical (unpaired) electrons. The molecule has 0 aromatic carbocycles. The molecule has 0 aliphatic carbocycles. The highest BCUT2D eigenvalue weighted by molar-refractivity contribution is 7.99. The molecule has 0 amide bonds. The molecule has 3 nitrogen and oxygen atoms in total. The largest absolute Gasteiger partial charge is 0.349 e. The monoisotopic (exact) mass is 275 g/mol. The maximum atomic E-state index is 5.10. The number of nitrogens with one attached hydrogen (secondary N) is 1. The van der Waals surface area contributed by atoms with Gasteiger partial charge in [0, 0.05) is 29.9 Å². The summed E-state index contributed by atoms with van der Waals surface area (Å²) in [5.41, 5.74) is 3.67. The molecule has 1 aliphatic heterocycles. The van der Waals surface area contributed by atoms with Crippen LogP contribution in [0.15, 0.2) is 36.8 Å². The first-order valence-electron chi connectivity index (χ1n) is 5.74. The Morgan fingerprint density at radius 3 is 3.17 bits per heavy atom. The van der Waals surface area contributed by atoms with Crippen LogP contribution in [0.2, 0.25) is 0 Å². The average molecular weight is 275 g/mol. The Morgan fingerprint density at radius 1 is 1.56 bits per heavy atom. The zero-order valence-corrected chi connectivity index (χ0v) is 11.6. The molecule has 1 N–H and O–H groups in total. The van der Waals surface area contributed by atoms with E-state index >= 15 is 0 Å². The predicted molar refractivity (Wildman–Crippen MR) is 80.0 cm³/mol. The molecule has 92 valence electrons. The maximum absolute atomic E-state index is 5.10. The van der Waals surface area contributed by atoms with E-state index in [0.717, 1.165) is 16.4 Å². The zero-order chi connectivity index (χ0) is 12.5. The summed E-state index contributed by atoms with van der Waals surface area (Å²) >= 11 is 7.01. The van der Waals surface area contributed by atoms with Gasteiger partial charge in [-0.25, -0.2) is 0 Å². The summed E-state index contributed by atoms with van der Waals surface area (Å²) < 4.78 is 2.29. The van der Waals surface area contributed by atoms with E-state index in [0.29, 0.717) is 5.37 Å². The number of thiocarbonyl (C=S) groups is 1. The van der Waals surface area contributed by atoms with Gasteiger partial charge in [0.1, 0.15) is 5.37 Å². The Balaban J connectivity index is 1.94. The van der Waals surface area contributed by atoms with Crippen LogP contribution in [-0.4, -0.2) is 14.5 Å². The van der Waals surface area contributed by atoms with E-state index in [-0.39, 0.29) is 0 Å². The van der Waals surface area contributed by atoms with Crippen LogP contribution in [0, 0.1) is 0 Å². The fraction of sp³-hybridized carbons (Fsp3) is 0.231. The third kappa shape index (κ3) is 2.04. The Labute approximate surface area is 116 Å². The van der Waals surface area contributed by atoms with Gasteiger partial charge in [0.15, 0.2) is 0 Å². The molecule has 2 aromatic rings. The number of anilines is 1. The topological polar surface area (TPSA) is 29.9 Å². The van der Waals surface area contributed by atoms with Crippen LogP contribution in [0.5, 0.6) is 0 Å². The van der Waals surface area contributed by atoms with Gasteiger partial charge in [0.25, 0.3) is 0 Å². The van der Waals surface area contributed by atoms with Crippen molar-refractivity contribution in [2.45, 2.75) is 18.1 Å². The first-order chi connectivity index (χ1) is 8.75. The average Bonchev–Trinajstić information content (AvgIpc) is 2.93. The van der Waals surface area contributed by atoms with Gasteiger partial charge in [-0.15, -0.1) is 11.8 Å². The maximum Gasteiger partial charge on any atom is 0.106 e. The normalized spacial score (nSPS) is 17.5. The van der Waals surface area contributed by atoms with E-state index < -0.39 is 0 Å². The van der Waals surface area contributed by atoms with Crippen LogP contribution >= 0.6 is 24.0 Å². The van der Waals surface area contributed by atoms with Gasteiger partial charge in [0.05, 0.1) is 16.4 Å². The molecule has 0 spiro atoms. The van der Waals surface area contributed by atoms with E-state index in [1.807, 2.05) is 37.1 Å². The van der Waals surface area contributed by atoms with Crippen molar-refractivity contribution < 1.29 is 0 Å². The SMILES string of the molecule is CC(=S)Nc1ccn2c1CSC2c1cccnc1. The van der Waals surface area contributed by atoms with Crippen LogP contribution in [0.4, 0.5) is 5.69 Å². The summed E-state index contributed by atoms with van der Waals surface area (Å²) in [6.07, 6.45) is 5.86. The van der Waals surface area contributed by atoms with Crippen LogP contribution in [0.25, 0.3) is 0 Å². The molecule has 0 fully saturated rings. The van der Waals surface area contributed by atoms with Crippen molar-refractivity contribution in [3.63, 3.8) is 0 Å². The summed E-state index contributed by atoms with van der Waals surface area (Å²) in [5.74, 6) is 0.998. The highest BCUT2D eigenvalue weighted by Gasteiger charge is 2.26. The smallest absolute Gasteiger partial charge is 0.106 e. The van der Waals surface area contributed by atoms with Crippen LogP contribution in [0.3, 0.4) is 0 Å². The fourth-order valence-electron chi connectivity index (χ4n) is 2.17. The second kappa shape index (κ2) is 4.74. The third-order valence-electron chi connectivity index (χ3n) is 2.94. The number of hydrogen-bond donors (Lipinski definition) is 1. The number of aromatic nitrogens is 2. The number of fused-ring (bicyclic) bond motifs is 1. The van der Waals surface area contributed by atoms with Crippen molar-refractivity contribution in [3.8, 4) is 0 Å². The molecule has 3 rings (SSSR count). The van der Waals surface area contributed by atoms with Crippen molar-refractivity contribution in [1.29, 1.82) is 0 Å². The van der Waals surface area contributed by atoms with Gasteiger partial charge < -0.3 is 9.88 Å². The van der Waals surface area contributed by atoms with E-state index in [1.165, 1.54) is 11.3 Å². The molecule has 3 heterocycles. The quantitative estimate of drug-likeness (QED) is 0.850. The Morgan fingerprint density at radius 2 is 2.44 bits per heavy atom. The number of hydrogen-bond acceptors (Lipinski definition) is 3. The summed E-state index contributed by atoms with van der Waals surface area (Å²) in [5, 5.41) is 3.57. The van der Waals surface area contributed by atoms with Gasteiger partial charge in [-0.2, -0.15) is 0 Å². The first kappa shape index (κ1) is 11.7. The molecule has 5 heteroatoms. The van der Waals surface area contributed by atoms with Gasteiger partial charge in [-0.05, 0) is 19.1 Å². The zero-order valence-electron chi connectivity index (χ0n) is 9.96. The lowest BCUT2D eigenvalue weighted by Gasteiger charge is -2.12. The summed E-state index contributed by atoms with van der Waals surface area (Å²) in [7, 11) is 0. The molecular formula is C13H13N3S2. The lowest BCUT2D eigenvalue weighted by atomic mass is 10.3. The van der Waals surface area contributed by atoms with Gasteiger partial charge in [0.2, 0.25) is 0 Å². The van der Waals surface area contributed by atoms with Crippen molar-refractivity contribution in [3.05, 3.63) is 48.0 Å². The standard InChI is InChI=1S/C13H13N3S2/c1-9(17)15-11-4-6-16-12(11)8-18-13(16)10-3-2-5-14-7-10/h2-7,13H,8H2,1H3,(H,15,17). The lowest BCUT2D eigenvalue weighted by molar-refractivity contribution is 0.778. The van der Waals surface area contributed by atoms with E-state index in [2.05, 4.69) is 33.2 Å². The van der Waals surface area contributed by atoms with E-state index in [1.54, 1.807) is 0 Å². The highest BCUT2D eigenvalue weighted by Crippen LogP contribution is 2.43. The van der Waals surface area contributed by atoms with Crippen LogP contribution in [0.1, 0.15) is 23.6 Å². The molecule has 0 bridgehead atoms. The number of rotatable bonds is 2. The molecule has 1 atom stereocenters. The van der Waals surface area contributed by atoms with Gasteiger partial charge in [-0.1, -0.05) is 18.3 Å². The van der Waals surface area contributed by atoms with Crippen LogP contribution < -0.4 is 5.32 Å². The highest BCUT2D eigenvalue weighted by atomic mass is 32.2. The lowest BCUT2D eigenvalue weighted by Crippen LogP contribution is -2.05. The first-order valence-corrected chi connectivity index (χ1v) is 7.20. The summed E-state index contributed by atoms with van der Waals surface area (Å²) in [6, 6.07) is 6.20. The minimum Gasteiger partial charge on any atom is -0.349 e. The third-order valence-corrected chi connectivity index (χ3v) is 4.29. The van der Waals surface area contributed by atoms with Crippen molar-refractivity contribution >= 4 is 34.7 Å². The Bertz CT molecular complexity index is 577. The Kier molecular flexibility index (Phi) is 3.09. The molecular weight excluding hydrogens is 262 g/mol. The second-order valence-corrected chi connectivity index (χ2v) is 5.90. The number of pyridine rings is 1. The molecule has 0 saturated heterocycles. The molecule has 18 heavy (non-hydrogen) atoms. The molecule has 2 aromatic heterocycles. The fourth-order valence-corrected chi connectivity index (χ4v) is 3.59. The van der Waals surface area contributed by atoms with Crippen LogP contribution in [-0.2, 0) is 5.75 Å². The van der Waals surface area contributed by atoms with E-state index in [4.69, 9.17) is 12.2 Å². The van der Waals surface area contributed by atoms with Gasteiger partial charge >= 0.3 is 0 Å². The van der Waals surface area contributed by atoms with Crippen molar-refractivity contribution in [1.82, 2.24) is 9.55 Å². The predicted octanol–water partition coefficient (Wildman–Crippen LogP) is 3.44. The minimum absolute atomic E-state index is 0.328. The molecule has 0 saturated carbocycles. The molecule has 1 aliphatic rings. The summed E-state index contributed by atoms with van der Waals surface area (Å²) in [6.45, 7) is 1.90. The number of nitrogens with zero attached hydrogens (tertiary/aromatic N) is 2. The van der Waals surface area contributed by atoms with Gasteiger partial charge in [-0.3, -0.25) is 4.98 Å². The minimum atomic E-state index is 0.328. The van der Waals surface area contributed by atoms with Crippen molar-refractivity contribution in [2.24, 2.45) is 0 Å².